The Kier molecular flexibility index (Phi) is 5.63. The van der Waals surface area contributed by atoms with Crippen molar-refractivity contribution in [3.63, 3.8) is 0 Å². The van der Waals surface area contributed by atoms with Gasteiger partial charge in [-0.3, -0.25) is 0 Å². The van der Waals surface area contributed by atoms with E-state index in [-0.39, 0.29) is 17.0 Å². The van der Waals surface area contributed by atoms with Crippen molar-refractivity contribution in [2.24, 2.45) is 0 Å². The molecule has 3 aromatic carbocycles. The molecule has 0 aliphatic heterocycles. The zero-order valence-electron chi connectivity index (χ0n) is 16.5. The van der Waals surface area contributed by atoms with Gasteiger partial charge in [-0.2, -0.15) is 0 Å². The molecule has 1 atom stereocenters. The summed E-state index contributed by atoms with van der Waals surface area (Å²) in [4.78, 5) is 0. The van der Waals surface area contributed by atoms with Gasteiger partial charge in [-0.25, -0.2) is 17.6 Å². The van der Waals surface area contributed by atoms with Crippen LogP contribution in [0.5, 0.6) is 0 Å². The maximum Gasteiger partial charge on any atom is 0.174 e. The monoisotopic (exact) mass is 408 g/mol. The Bertz CT molecular complexity index is 1140. The lowest BCUT2D eigenvalue weighted by Gasteiger charge is -2.26. The van der Waals surface area contributed by atoms with Crippen molar-refractivity contribution >= 4 is 0 Å². The van der Waals surface area contributed by atoms with Crippen LogP contribution in [0.25, 0.3) is 0 Å². The molecule has 4 rings (SSSR count). The highest BCUT2D eigenvalue weighted by Crippen LogP contribution is 2.36. The number of hydrogen-bond acceptors (Lipinski definition) is 0. The van der Waals surface area contributed by atoms with E-state index in [9.17, 15) is 17.6 Å². The normalized spacial score (nSPS) is 15.3. The third kappa shape index (κ3) is 3.98. The van der Waals surface area contributed by atoms with Gasteiger partial charge in [0.1, 0.15) is 11.6 Å². The van der Waals surface area contributed by atoms with Gasteiger partial charge in [0.05, 0.1) is 5.56 Å². The summed E-state index contributed by atoms with van der Waals surface area (Å²) < 4.78 is 56.1. The van der Waals surface area contributed by atoms with Crippen molar-refractivity contribution in [2.45, 2.75) is 38.5 Å². The second-order valence-electron chi connectivity index (χ2n) is 7.60. The largest absolute Gasteiger partial charge is 0.207 e. The number of aryl methyl sites for hydroxylation is 2. The zero-order valence-corrected chi connectivity index (χ0v) is 16.5. The minimum atomic E-state index is -0.955. The van der Waals surface area contributed by atoms with Gasteiger partial charge in [-0.1, -0.05) is 30.9 Å². The van der Waals surface area contributed by atoms with Crippen LogP contribution in [0.3, 0.4) is 0 Å². The van der Waals surface area contributed by atoms with E-state index in [1.807, 2.05) is 19.1 Å². The number of hydrogen-bond donors (Lipinski definition) is 0. The predicted molar refractivity (Wildman–Crippen MR) is 109 cm³/mol. The van der Waals surface area contributed by atoms with Crippen LogP contribution in [0.2, 0.25) is 0 Å². The van der Waals surface area contributed by atoms with Crippen LogP contribution in [0.4, 0.5) is 17.6 Å². The van der Waals surface area contributed by atoms with Crippen LogP contribution in [0, 0.1) is 35.1 Å². The zero-order chi connectivity index (χ0) is 21.3. The van der Waals surface area contributed by atoms with Crippen LogP contribution in [-0.2, 0) is 19.3 Å². The fourth-order valence-electron chi connectivity index (χ4n) is 4.05. The minimum Gasteiger partial charge on any atom is -0.207 e. The fraction of sp³-hybridized carbons (Fsp3) is 0.231. The standard InChI is InChI=1S/C26H20F4/c1-2-16-13-23(28)25(24(29)14-16)21-11-10-19-12-17(7-9-20(19)15-21)6-8-18-4-3-5-22(27)26(18)30/h3-5,7,9,12-14,21H,2,10-11,15H2,1H3. The third-order valence-corrected chi connectivity index (χ3v) is 5.68. The number of fused-ring (bicyclic) bond motifs is 1. The Balaban J connectivity index is 1.58. The van der Waals surface area contributed by atoms with Crippen LogP contribution < -0.4 is 0 Å². The van der Waals surface area contributed by atoms with Crippen LogP contribution in [0.15, 0.2) is 48.5 Å². The molecule has 152 valence electrons. The SMILES string of the molecule is CCc1cc(F)c(C2CCc3cc(C#Cc4cccc(F)c4F)ccc3C2)c(F)c1. The van der Waals surface area contributed by atoms with Crippen LogP contribution >= 0.6 is 0 Å². The quantitative estimate of drug-likeness (QED) is 0.336. The average molecular weight is 408 g/mol. The van der Waals surface area contributed by atoms with Crippen molar-refractivity contribution in [2.75, 3.05) is 0 Å². The van der Waals surface area contributed by atoms with E-state index < -0.39 is 23.3 Å². The lowest BCUT2D eigenvalue weighted by Crippen LogP contribution is -2.16. The molecule has 3 aromatic rings. The van der Waals surface area contributed by atoms with E-state index in [2.05, 4.69) is 11.8 Å². The molecular weight excluding hydrogens is 388 g/mol. The predicted octanol–water partition coefficient (Wildman–Crippen LogP) is 6.48. The Hall–Kier alpha value is -3.06. The van der Waals surface area contributed by atoms with E-state index in [0.29, 0.717) is 36.8 Å². The molecule has 0 radical (unpaired) electrons. The molecule has 4 heteroatoms. The highest BCUT2D eigenvalue weighted by molar-refractivity contribution is 5.47. The molecule has 1 aliphatic rings. The summed E-state index contributed by atoms with van der Waals surface area (Å²) in [6.45, 7) is 1.87. The molecule has 0 saturated heterocycles. The Morgan fingerprint density at radius 1 is 0.867 bits per heavy atom. The van der Waals surface area contributed by atoms with Gasteiger partial charge in [0, 0.05) is 11.1 Å². The highest BCUT2D eigenvalue weighted by atomic mass is 19.2. The van der Waals surface area contributed by atoms with Crippen molar-refractivity contribution in [1.82, 2.24) is 0 Å². The van der Waals surface area contributed by atoms with Crippen molar-refractivity contribution in [3.8, 4) is 11.8 Å². The summed E-state index contributed by atoms with van der Waals surface area (Å²) in [6.07, 6.45) is 2.46. The summed E-state index contributed by atoms with van der Waals surface area (Å²) in [5.74, 6) is 2.52. The first kappa shape index (κ1) is 20.2. The van der Waals surface area contributed by atoms with Gasteiger partial charge in [-0.15, -0.1) is 0 Å². The van der Waals surface area contributed by atoms with Gasteiger partial charge < -0.3 is 0 Å². The summed E-state index contributed by atoms with van der Waals surface area (Å²) in [5, 5.41) is 0. The van der Waals surface area contributed by atoms with Crippen LogP contribution in [0.1, 0.15) is 52.6 Å². The Morgan fingerprint density at radius 2 is 1.63 bits per heavy atom. The highest BCUT2D eigenvalue weighted by Gasteiger charge is 2.26. The lowest BCUT2D eigenvalue weighted by atomic mass is 9.79. The summed E-state index contributed by atoms with van der Waals surface area (Å²) >= 11 is 0. The average Bonchev–Trinajstić information content (AvgIpc) is 2.74. The van der Waals surface area contributed by atoms with E-state index in [1.54, 1.807) is 6.07 Å². The molecule has 0 spiro atoms. The molecule has 0 aromatic heterocycles. The molecule has 0 nitrogen and oxygen atoms in total. The fourth-order valence-corrected chi connectivity index (χ4v) is 4.05. The van der Waals surface area contributed by atoms with E-state index >= 15 is 0 Å². The van der Waals surface area contributed by atoms with E-state index in [1.165, 1.54) is 24.3 Å². The van der Waals surface area contributed by atoms with Gasteiger partial charge in [-0.05, 0) is 84.7 Å². The second kappa shape index (κ2) is 8.36. The topological polar surface area (TPSA) is 0 Å². The molecule has 0 fully saturated rings. The first-order chi connectivity index (χ1) is 14.5. The number of benzene rings is 3. The van der Waals surface area contributed by atoms with E-state index in [0.717, 1.165) is 17.2 Å². The van der Waals surface area contributed by atoms with Gasteiger partial charge in [0.2, 0.25) is 0 Å². The Morgan fingerprint density at radius 3 is 2.37 bits per heavy atom. The maximum absolute atomic E-state index is 14.5. The van der Waals surface area contributed by atoms with E-state index in [4.69, 9.17) is 0 Å². The third-order valence-electron chi connectivity index (χ3n) is 5.68. The molecule has 0 heterocycles. The molecule has 0 saturated carbocycles. The first-order valence-electron chi connectivity index (χ1n) is 10.0. The molecule has 1 aliphatic carbocycles. The number of halogens is 4. The molecular formula is C26H20F4. The molecule has 0 bridgehead atoms. The van der Waals surface area contributed by atoms with Gasteiger partial charge in [0.15, 0.2) is 11.6 Å². The van der Waals surface area contributed by atoms with Crippen LogP contribution in [-0.4, -0.2) is 0 Å². The first-order valence-corrected chi connectivity index (χ1v) is 10.0. The second-order valence-corrected chi connectivity index (χ2v) is 7.60. The smallest absolute Gasteiger partial charge is 0.174 e. The summed E-state index contributed by atoms with van der Waals surface area (Å²) in [5.41, 5.74) is 3.64. The minimum absolute atomic E-state index is 0.00858. The maximum atomic E-state index is 14.5. The van der Waals surface area contributed by atoms with Crippen molar-refractivity contribution < 1.29 is 17.6 Å². The number of rotatable bonds is 2. The van der Waals surface area contributed by atoms with Gasteiger partial charge in [0.25, 0.3) is 0 Å². The molecule has 0 N–H and O–H groups in total. The van der Waals surface area contributed by atoms with Crippen molar-refractivity contribution in [3.05, 3.63) is 105 Å². The summed E-state index contributed by atoms with van der Waals surface area (Å²) in [7, 11) is 0. The van der Waals surface area contributed by atoms with Gasteiger partial charge >= 0.3 is 0 Å². The lowest BCUT2D eigenvalue weighted by molar-refractivity contribution is 0.490. The van der Waals surface area contributed by atoms with Crippen molar-refractivity contribution in [1.29, 1.82) is 0 Å². The molecule has 30 heavy (non-hydrogen) atoms. The molecule has 1 unspecified atom stereocenters. The molecule has 0 amide bonds. The summed E-state index contributed by atoms with van der Waals surface area (Å²) in [6, 6.07) is 12.4. The Labute approximate surface area is 173 Å².